The predicted octanol–water partition coefficient (Wildman–Crippen LogP) is 2.25. The van der Waals surface area contributed by atoms with E-state index < -0.39 is 0 Å². The third-order valence-corrected chi connectivity index (χ3v) is 5.48. The van der Waals surface area contributed by atoms with Crippen LogP contribution in [0.5, 0.6) is 5.75 Å². The highest BCUT2D eigenvalue weighted by atomic mass is 16.5. The summed E-state index contributed by atoms with van der Waals surface area (Å²) in [4.78, 5) is 31.0. The molecule has 3 rings (SSSR count). The minimum Gasteiger partial charge on any atom is -0.497 e. The third kappa shape index (κ3) is 5.13. The molecule has 1 unspecified atom stereocenters. The lowest BCUT2D eigenvalue weighted by atomic mass is 10.0. The van der Waals surface area contributed by atoms with Crippen LogP contribution in [0.25, 0.3) is 0 Å². The number of amides is 3. The van der Waals surface area contributed by atoms with E-state index in [2.05, 4.69) is 17.1 Å². The van der Waals surface area contributed by atoms with Crippen LogP contribution in [0.15, 0.2) is 24.3 Å². The molecule has 2 aliphatic heterocycles. The van der Waals surface area contributed by atoms with Crippen LogP contribution in [-0.4, -0.2) is 79.1 Å². The molecule has 1 aromatic rings. The van der Waals surface area contributed by atoms with Gasteiger partial charge in [0.05, 0.1) is 13.7 Å². The number of piperidine rings is 1. The van der Waals surface area contributed by atoms with Crippen molar-refractivity contribution in [1.29, 1.82) is 0 Å². The first-order valence-corrected chi connectivity index (χ1v) is 9.78. The quantitative estimate of drug-likeness (QED) is 0.878. The van der Waals surface area contributed by atoms with Gasteiger partial charge in [-0.25, -0.2) is 4.79 Å². The lowest BCUT2D eigenvalue weighted by Crippen LogP contribution is -2.53. The molecule has 1 N–H and O–H groups in total. The van der Waals surface area contributed by atoms with Gasteiger partial charge in [-0.3, -0.25) is 9.69 Å². The van der Waals surface area contributed by atoms with E-state index in [1.807, 2.05) is 29.2 Å². The number of hydrogen-bond donors (Lipinski definition) is 1. The lowest BCUT2D eigenvalue weighted by molar-refractivity contribution is -0.136. The zero-order chi connectivity index (χ0) is 19.2. The average Bonchev–Trinajstić information content (AvgIpc) is 2.69. The fourth-order valence-corrected chi connectivity index (χ4v) is 3.74. The molecule has 1 atom stereocenters. The number of urea groups is 1. The molecular weight excluding hydrogens is 344 g/mol. The van der Waals surface area contributed by atoms with Gasteiger partial charge in [-0.1, -0.05) is 0 Å². The van der Waals surface area contributed by atoms with Crippen molar-refractivity contribution in [3.8, 4) is 5.75 Å². The topological polar surface area (TPSA) is 65.1 Å². The van der Waals surface area contributed by atoms with Crippen molar-refractivity contribution in [2.24, 2.45) is 0 Å². The van der Waals surface area contributed by atoms with Crippen LogP contribution in [-0.2, 0) is 4.79 Å². The Morgan fingerprint density at radius 3 is 2.41 bits per heavy atom. The average molecular weight is 374 g/mol. The molecule has 2 saturated heterocycles. The summed E-state index contributed by atoms with van der Waals surface area (Å²) in [5.74, 6) is 0.979. The van der Waals surface area contributed by atoms with E-state index >= 15 is 0 Å². The highest BCUT2D eigenvalue weighted by Gasteiger charge is 2.27. The van der Waals surface area contributed by atoms with E-state index in [4.69, 9.17) is 4.74 Å². The molecule has 27 heavy (non-hydrogen) atoms. The van der Waals surface area contributed by atoms with Crippen molar-refractivity contribution < 1.29 is 14.3 Å². The van der Waals surface area contributed by atoms with Crippen LogP contribution in [0.4, 0.5) is 10.5 Å². The summed E-state index contributed by atoms with van der Waals surface area (Å²) in [6, 6.07) is 7.54. The first-order valence-electron chi connectivity index (χ1n) is 9.78. The number of ether oxygens (including phenoxy) is 1. The van der Waals surface area contributed by atoms with Crippen molar-refractivity contribution >= 4 is 17.6 Å². The maximum Gasteiger partial charge on any atom is 0.321 e. The largest absolute Gasteiger partial charge is 0.497 e. The van der Waals surface area contributed by atoms with Gasteiger partial charge in [0.15, 0.2) is 0 Å². The van der Waals surface area contributed by atoms with Gasteiger partial charge in [0.1, 0.15) is 5.75 Å². The molecule has 7 heteroatoms. The van der Waals surface area contributed by atoms with Crippen molar-refractivity contribution in [2.45, 2.75) is 32.2 Å². The van der Waals surface area contributed by atoms with E-state index in [-0.39, 0.29) is 11.9 Å². The Kier molecular flexibility index (Phi) is 6.55. The highest BCUT2D eigenvalue weighted by molar-refractivity contribution is 5.89. The number of rotatable bonds is 4. The molecule has 148 valence electrons. The van der Waals surface area contributed by atoms with Gasteiger partial charge in [0.25, 0.3) is 0 Å². The lowest BCUT2D eigenvalue weighted by Gasteiger charge is -2.38. The van der Waals surface area contributed by atoms with Crippen molar-refractivity contribution in [2.75, 3.05) is 51.7 Å². The monoisotopic (exact) mass is 374 g/mol. The summed E-state index contributed by atoms with van der Waals surface area (Å²) < 4.78 is 5.12. The molecule has 0 aromatic heterocycles. The summed E-state index contributed by atoms with van der Waals surface area (Å²) in [5.41, 5.74) is 0.748. The van der Waals surface area contributed by atoms with Crippen LogP contribution in [0, 0.1) is 0 Å². The predicted molar refractivity (Wildman–Crippen MR) is 105 cm³/mol. The molecule has 0 saturated carbocycles. The van der Waals surface area contributed by atoms with E-state index in [9.17, 15) is 9.59 Å². The molecule has 7 nitrogen and oxygen atoms in total. The van der Waals surface area contributed by atoms with Gasteiger partial charge >= 0.3 is 6.03 Å². The Morgan fingerprint density at radius 1 is 1.07 bits per heavy atom. The molecule has 0 bridgehead atoms. The van der Waals surface area contributed by atoms with Crippen LogP contribution < -0.4 is 10.1 Å². The summed E-state index contributed by atoms with van der Waals surface area (Å²) in [6.45, 7) is 6.19. The van der Waals surface area contributed by atoms with Gasteiger partial charge in [0, 0.05) is 44.5 Å². The van der Waals surface area contributed by atoms with Crippen LogP contribution in [0.1, 0.15) is 26.2 Å². The maximum atomic E-state index is 12.6. The second kappa shape index (κ2) is 9.08. The Bertz CT molecular complexity index is 641. The minimum absolute atomic E-state index is 0.101. The molecule has 1 aromatic carbocycles. The molecule has 2 heterocycles. The molecule has 2 aliphatic rings. The minimum atomic E-state index is -0.101. The van der Waals surface area contributed by atoms with E-state index in [1.165, 1.54) is 6.42 Å². The Labute approximate surface area is 161 Å². The number of likely N-dealkylation sites (tertiary alicyclic amines) is 1. The number of nitrogens with zero attached hydrogens (tertiary/aromatic N) is 3. The van der Waals surface area contributed by atoms with Crippen LogP contribution in [0.3, 0.4) is 0 Å². The van der Waals surface area contributed by atoms with Crippen LogP contribution >= 0.6 is 0 Å². The molecule has 0 spiro atoms. The van der Waals surface area contributed by atoms with Gasteiger partial charge in [-0.15, -0.1) is 0 Å². The number of carbonyl (C=O) groups is 2. The number of benzene rings is 1. The Hall–Kier alpha value is -2.28. The summed E-state index contributed by atoms with van der Waals surface area (Å²) in [7, 11) is 1.61. The van der Waals surface area contributed by atoms with E-state index in [1.54, 1.807) is 12.0 Å². The SMILES string of the molecule is COc1ccc(NC(=O)N2CCN(CC(=O)N3CCCCC3C)CC2)cc1. The van der Waals surface area contributed by atoms with E-state index in [0.29, 0.717) is 25.7 Å². The van der Waals surface area contributed by atoms with Gasteiger partial charge in [-0.2, -0.15) is 0 Å². The second-order valence-electron chi connectivity index (χ2n) is 7.35. The number of hydrogen-bond acceptors (Lipinski definition) is 4. The standard InChI is InChI=1S/C20H30N4O3/c1-16-5-3-4-10-24(16)19(25)15-22-11-13-23(14-12-22)20(26)21-17-6-8-18(27-2)9-7-17/h6-9,16H,3-5,10-15H2,1-2H3,(H,21,26). The fraction of sp³-hybridized carbons (Fsp3) is 0.600. The molecule has 3 amide bonds. The first-order chi connectivity index (χ1) is 13.1. The Balaban J connectivity index is 1.43. The fourth-order valence-electron chi connectivity index (χ4n) is 3.74. The smallest absolute Gasteiger partial charge is 0.321 e. The number of nitrogens with one attached hydrogen (secondary N) is 1. The molecule has 2 fully saturated rings. The summed E-state index contributed by atoms with van der Waals surface area (Å²) in [5, 5.41) is 2.91. The highest BCUT2D eigenvalue weighted by Crippen LogP contribution is 2.18. The molecule has 0 radical (unpaired) electrons. The number of anilines is 1. The van der Waals surface area contributed by atoms with Crippen molar-refractivity contribution in [1.82, 2.24) is 14.7 Å². The normalized spacial score (nSPS) is 21.0. The Morgan fingerprint density at radius 2 is 1.78 bits per heavy atom. The molecular formula is C20H30N4O3. The van der Waals surface area contributed by atoms with Crippen molar-refractivity contribution in [3.05, 3.63) is 24.3 Å². The van der Waals surface area contributed by atoms with Crippen molar-refractivity contribution in [3.63, 3.8) is 0 Å². The van der Waals surface area contributed by atoms with Gasteiger partial charge < -0.3 is 19.9 Å². The zero-order valence-electron chi connectivity index (χ0n) is 16.3. The zero-order valence-corrected chi connectivity index (χ0v) is 16.3. The van der Waals surface area contributed by atoms with Gasteiger partial charge in [0.2, 0.25) is 5.91 Å². The first kappa shape index (κ1) is 19.5. The third-order valence-electron chi connectivity index (χ3n) is 5.48. The summed E-state index contributed by atoms with van der Waals surface area (Å²) in [6.07, 6.45) is 3.42. The molecule has 0 aliphatic carbocycles. The summed E-state index contributed by atoms with van der Waals surface area (Å²) >= 11 is 0. The van der Waals surface area contributed by atoms with E-state index in [0.717, 1.165) is 43.9 Å². The number of carbonyl (C=O) groups excluding carboxylic acids is 2. The maximum absolute atomic E-state index is 12.6. The van der Waals surface area contributed by atoms with Crippen LogP contribution in [0.2, 0.25) is 0 Å². The number of piperazine rings is 1. The number of methoxy groups -OCH3 is 1. The van der Waals surface area contributed by atoms with Gasteiger partial charge in [-0.05, 0) is 50.5 Å². The second-order valence-corrected chi connectivity index (χ2v) is 7.35.